The fourth-order valence-electron chi connectivity index (χ4n) is 2.32. The fraction of sp³-hybridized carbons (Fsp3) is 0.300. The third-order valence-electron chi connectivity index (χ3n) is 3.71. The van der Waals surface area contributed by atoms with E-state index in [1.807, 2.05) is 57.2 Å². The predicted molar refractivity (Wildman–Crippen MR) is 99.0 cm³/mol. The van der Waals surface area contributed by atoms with E-state index in [0.29, 0.717) is 11.5 Å². The lowest BCUT2D eigenvalue weighted by Gasteiger charge is -2.11. The van der Waals surface area contributed by atoms with Crippen molar-refractivity contribution >= 4 is 11.8 Å². The van der Waals surface area contributed by atoms with Crippen molar-refractivity contribution in [2.75, 3.05) is 13.2 Å². The summed E-state index contributed by atoms with van der Waals surface area (Å²) >= 11 is 0. The van der Waals surface area contributed by atoms with Crippen LogP contribution in [0.3, 0.4) is 0 Å². The third kappa shape index (κ3) is 6.12. The van der Waals surface area contributed by atoms with E-state index in [-0.39, 0.29) is 13.2 Å². The molecule has 2 aromatic carbocycles. The van der Waals surface area contributed by atoms with Crippen LogP contribution in [0.25, 0.3) is 0 Å². The summed E-state index contributed by atoms with van der Waals surface area (Å²) in [4.78, 5) is 23.5. The fourth-order valence-corrected chi connectivity index (χ4v) is 2.32. The van der Waals surface area contributed by atoms with Crippen molar-refractivity contribution in [3.8, 4) is 11.5 Å². The summed E-state index contributed by atoms with van der Waals surface area (Å²) in [5.74, 6) is 0.346. The van der Waals surface area contributed by atoms with Gasteiger partial charge >= 0.3 is 0 Å². The van der Waals surface area contributed by atoms with Gasteiger partial charge in [0.1, 0.15) is 11.5 Å². The zero-order valence-corrected chi connectivity index (χ0v) is 15.3. The van der Waals surface area contributed by atoms with Gasteiger partial charge in [0.25, 0.3) is 11.8 Å². The molecule has 0 unspecified atom stereocenters. The molecule has 0 bridgehead atoms. The number of carbonyl (C=O) groups excluding carboxylic acids is 2. The van der Waals surface area contributed by atoms with Crippen LogP contribution >= 0.6 is 0 Å². The Labute approximate surface area is 153 Å². The van der Waals surface area contributed by atoms with Crippen LogP contribution in [0.2, 0.25) is 0 Å². The lowest BCUT2D eigenvalue weighted by molar-refractivity contribution is -0.131. The number of amides is 2. The monoisotopic (exact) mass is 356 g/mol. The van der Waals surface area contributed by atoms with E-state index < -0.39 is 11.8 Å². The summed E-state index contributed by atoms with van der Waals surface area (Å²) in [6, 6.07) is 13.2. The van der Waals surface area contributed by atoms with E-state index >= 15 is 0 Å². The maximum atomic E-state index is 11.8. The van der Waals surface area contributed by atoms with Gasteiger partial charge in [-0.3, -0.25) is 20.4 Å². The summed E-state index contributed by atoms with van der Waals surface area (Å²) in [6.45, 7) is 5.56. The molecule has 0 atom stereocenters. The minimum absolute atomic E-state index is 0.189. The molecule has 0 aromatic heterocycles. The average Bonchev–Trinajstić information content (AvgIpc) is 2.64. The Hall–Kier alpha value is -3.02. The molecule has 6 nitrogen and oxygen atoms in total. The van der Waals surface area contributed by atoms with Crippen LogP contribution in [-0.4, -0.2) is 25.0 Å². The zero-order valence-electron chi connectivity index (χ0n) is 15.3. The van der Waals surface area contributed by atoms with Crippen molar-refractivity contribution in [3.63, 3.8) is 0 Å². The Balaban J connectivity index is 1.70. The number of ether oxygens (including phenoxy) is 2. The molecule has 0 heterocycles. The Morgan fingerprint density at radius 1 is 0.923 bits per heavy atom. The van der Waals surface area contributed by atoms with Crippen LogP contribution in [0.15, 0.2) is 42.5 Å². The van der Waals surface area contributed by atoms with E-state index in [9.17, 15) is 9.59 Å². The topological polar surface area (TPSA) is 76.7 Å². The third-order valence-corrected chi connectivity index (χ3v) is 3.71. The van der Waals surface area contributed by atoms with Crippen LogP contribution < -0.4 is 20.3 Å². The number of carbonyl (C=O) groups is 2. The number of hydrogen-bond acceptors (Lipinski definition) is 4. The van der Waals surface area contributed by atoms with Crippen molar-refractivity contribution in [1.29, 1.82) is 0 Å². The van der Waals surface area contributed by atoms with Crippen molar-refractivity contribution in [2.24, 2.45) is 0 Å². The number of benzene rings is 2. The summed E-state index contributed by atoms with van der Waals surface area (Å²) in [6.07, 6.45) is 0.889. The number of rotatable bonds is 7. The second kappa shape index (κ2) is 9.46. The van der Waals surface area contributed by atoms with Crippen LogP contribution in [0, 0.1) is 13.8 Å². The van der Waals surface area contributed by atoms with Crippen molar-refractivity contribution in [1.82, 2.24) is 10.9 Å². The molecule has 0 radical (unpaired) electrons. The highest BCUT2D eigenvalue weighted by molar-refractivity contribution is 5.83. The SMILES string of the molecule is CCc1cccc(OCC(=O)NNC(=O)COc2ccc(C)cc2C)c1. The van der Waals surface area contributed by atoms with Crippen LogP contribution in [0.5, 0.6) is 11.5 Å². The first-order valence-electron chi connectivity index (χ1n) is 8.47. The van der Waals surface area contributed by atoms with Gasteiger partial charge in [-0.1, -0.05) is 36.8 Å². The Kier molecular flexibility index (Phi) is 7.02. The molecule has 2 amide bonds. The predicted octanol–water partition coefficient (Wildman–Crippen LogP) is 2.47. The lowest BCUT2D eigenvalue weighted by atomic mass is 10.1. The second-order valence-electron chi connectivity index (χ2n) is 5.94. The van der Waals surface area contributed by atoms with Gasteiger partial charge in [0.15, 0.2) is 13.2 Å². The average molecular weight is 356 g/mol. The van der Waals surface area contributed by atoms with E-state index in [2.05, 4.69) is 10.9 Å². The van der Waals surface area contributed by atoms with E-state index in [4.69, 9.17) is 9.47 Å². The van der Waals surface area contributed by atoms with Gasteiger partial charge in [0, 0.05) is 0 Å². The highest BCUT2D eigenvalue weighted by Crippen LogP contribution is 2.18. The van der Waals surface area contributed by atoms with Gasteiger partial charge in [0.05, 0.1) is 0 Å². The summed E-state index contributed by atoms with van der Waals surface area (Å²) in [5, 5.41) is 0. The molecule has 2 aromatic rings. The molecule has 0 spiro atoms. The number of hydrazine groups is 1. The Bertz CT molecular complexity index is 774. The second-order valence-corrected chi connectivity index (χ2v) is 5.94. The summed E-state index contributed by atoms with van der Waals surface area (Å²) < 4.78 is 10.9. The molecule has 2 rings (SSSR count). The van der Waals surface area contributed by atoms with Crippen LogP contribution in [0.1, 0.15) is 23.6 Å². The van der Waals surface area contributed by atoms with Gasteiger partial charge in [0.2, 0.25) is 0 Å². The van der Waals surface area contributed by atoms with Crippen molar-refractivity contribution in [2.45, 2.75) is 27.2 Å². The first-order valence-corrected chi connectivity index (χ1v) is 8.47. The van der Waals surface area contributed by atoms with Gasteiger partial charge < -0.3 is 9.47 Å². The van der Waals surface area contributed by atoms with Crippen LogP contribution in [0.4, 0.5) is 0 Å². The van der Waals surface area contributed by atoms with Gasteiger partial charge in [-0.05, 0) is 49.6 Å². The molecule has 0 aliphatic heterocycles. The van der Waals surface area contributed by atoms with E-state index in [0.717, 1.165) is 23.1 Å². The molecule has 138 valence electrons. The first-order chi connectivity index (χ1) is 12.5. The largest absolute Gasteiger partial charge is 0.484 e. The maximum absolute atomic E-state index is 11.8. The molecule has 0 aliphatic rings. The molecular formula is C20H24N2O4. The molecule has 0 aliphatic carbocycles. The van der Waals surface area contributed by atoms with E-state index in [1.54, 1.807) is 6.07 Å². The highest BCUT2D eigenvalue weighted by atomic mass is 16.5. The van der Waals surface area contributed by atoms with E-state index in [1.165, 1.54) is 0 Å². The van der Waals surface area contributed by atoms with Gasteiger partial charge in [-0.25, -0.2) is 0 Å². The minimum Gasteiger partial charge on any atom is -0.484 e. The Morgan fingerprint density at radius 3 is 2.27 bits per heavy atom. The number of aryl methyl sites for hydroxylation is 3. The molecule has 0 fully saturated rings. The van der Waals surface area contributed by atoms with Gasteiger partial charge in [-0.15, -0.1) is 0 Å². The van der Waals surface area contributed by atoms with Crippen LogP contribution in [-0.2, 0) is 16.0 Å². The zero-order chi connectivity index (χ0) is 18.9. The Morgan fingerprint density at radius 2 is 1.62 bits per heavy atom. The summed E-state index contributed by atoms with van der Waals surface area (Å²) in [5.41, 5.74) is 7.79. The number of nitrogens with one attached hydrogen (secondary N) is 2. The van der Waals surface area contributed by atoms with Gasteiger partial charge in [-0.2, -0.15) is 0 Å². The number of hydrogen-bond donors (Lipinski definition) is 2. The van der Waals surface area contributed by atoms with Crippen molar-refractivity contribution in [3.05, 3.63) is 59.2 Å². The smallest absolute Gasteiger partial charge is 0.276 e. The highest BCUT2D eigenvalue weighted by Gasteiger charge is 2.08. The lowest BCUT2D eigenvalue weighted by Crippen LogP contribution is -2.45. The molecular weight excluding hydrogens is 332 g/mol. The quantitative estimate of drug-likeness (QED) is 0.747. The molecule has 0 saturated heterocycles. The first kappa shape index (κ1) is 19.3. The molecule has 26 heavy (non-hydrogen) atoms. The molecule has 0 saturated carbocycles. The summed E-state index contributed by atoms with van der Waals surface area (Å²) in [7, 11) is 0. The molecule has 2 N–H and O–H groups in total. The normalized spacial score (nSPS) is 10.1. The maximum Gasteiger partial charge on any atom is 0.276 e. The standard InChI is InChI=1S/C20H24N2O4/c1-4-16-6-5-7-17(11-16)25-12-19(23)21-22-20(24)13-26-18-9-8-14(2)10-15(18)3/h5-11H,4,12-13H2,1-3H3,(H,21,23)(H,22,24). The minimum atomic E-state index is -0.452. The molecule has 6 heteroatoms. The van der Waals surface area contributed by atoms with Crippen molar-refractivity contribution < 1.29 is 19.1 Å².